The van der Waals surface area contributed by atoms with E-state index in [2.05, 4.69) is 61.8 Å². The average Bonchev–Trinajstić information content (AvgIpc) is 3.54. The van der Waals surface area contributed by atoms with E-state index < -0.39 is 0 Å². The van der Waals surface area contributed by atoms with Gasteiger partial charge in [0.25, 0.3) is 0 Å². The third kappa shape index (κ3) is 2.63. The smallest absolute Gasteiger partial charge is 0.123 e. The van der Waals surface area contributed by atoms with E-state index in [1.807, 2.05) is 24.7 Å². The van der Waals surface area contributed by atoms with Crippen LogP contribution in [0.1, 0.15) is 37.3 Å². The number of aryl methyl sites for hydroxylation is 1. The number of aromatic amines is 1. The lowest BCUT2D eigenvalue weighted by Gasteiger charge is -2.26. The number of imidazole rings is 1. The molecular weight excluding hydrogens is 360 g/mol. The minimum absolute atomic E-state index is 0.205. The van der Waals surface area contributed by atoms with Crippen molar-refractivity contribution in [1.82, 2.24) is 29.6 Å². The lowest BCUT2D eigenvalue weighted by Crippen LogP contribution is -2.31. The van der Waals surface area contributed by atoms with Gasteiger partial charge >= 0.3 is 0 Å². The number of hydrogen-bond acceptors (Lipinski definition) is 4. The van der Waals surface area contributed by atoms with E-state index in [1.54, 1.807) is 0 Å². The van der Waals surface area contributed by atoms with E-state index in [-0.39, 0.29) is 5.41 Å². The number of pyridine rings is 1. The van der Waals surface area contributed by atoms with Crippen LogP contribution < -0.4 is 0 Å². The van der Waals surface area contributed by atoms with E-state index in [0.29, 0.717) is 6.04 Å². The van der Waals surface area contributed by atoms with Gasteiger partial charge in [-0.3, -0.25) is 14.6 Å². The van der Waals surface area contributed by atoms with Gasteiger partial charge < -0.3 is 4.98 Å². The molecule has 1 saturated heterocycles. The van der Waals surface area contributed by atoms with Crippen molar-refractivity contribution in [2.45, 2.75) is 37.8 Å². The summed E-state index contributed by atoms with van der Waals surface area (Å²) in [7, 11) is 0. The standard InChI is InChI=1S/C23H24N6/c1-16(22-24-8-9-25-22)28-10-6-23(15-28)7-11-29-21(23)13-20(27-29)18-12-17-4-2-3-5-19(17)26-14-18/h2-5,8-9,12-14,16H,6-7,10-11,15H2,1H3,(H,24,25). The topological polar surface area (TPSA) is 62.6 Å². The number of para-hydroxylation sites is 1. The zero-order valence-corrected chi connectivity index (χ0v) is 16.5. The van der Waals surface area contributed by atoms with Gasteiger partial charge in [0, 0.05) is 53.7 Å². The Morgan fingerprint density at radius 3 is 2.90 bits per heavy atom. The summed E-state index contributed by atoms with van der Waals surface area (Å²) in [5.41, 5.74) is 4.75. The molecule has 146 valence electrons. The van der Waals surface area contributed by atoms with Gasteiger partial charge in [0.05, 0.1) is 17.3 Å². The maximum atomic E-state index is 4.95. The molecule has 6 nitrogen and oxygen atoms in total. The van der Waals surface area contributed by atoms with Gasteiger partial charge in [-0.1, -0.05) is 18.2 Å². The molecule has 29 heavy (non-hydrogen) atoms. The van der Waals surface area contributed by atoms with Gasteiger partial charge in [-0.25, -0.2) is 4.98 Å². The molecule has 6 rings (SSSR count). The third-order valence-electron chi connectivity index (χ3n) is 6.86. The highest BCUT2D eigenvalue weighted by molar-refractivity contribution is 5.82. The van der Waals surface area contributed by atoms with Crippen LogP contribution in [-0.2, 0) is 12.0 Å². The van der Waals surface area contributed by atoms with Crippen LogP contribution in [0.3, 0.4) is 0 Å². The second kappa shape index (κ2) is 6.26. The molecule has 4 aromatic rings. The highest BCUT2D eigenvalue weighted by Gasteiger charge is 2.46. The Morgan fingerprint density at radius 2 is 2.00 bits per heavy atom. The van der Waals surface area contributed by atoms with Crippen molar-refractivity contribution in [3.05, 3.63) is 66.5 Å². The van der Waals surface area contributed by atoms with Crippen LogP contribution in [0.15, 0.2) is 55.0 Å². The van der Waals surface area contributed by atoms with Crippen LogP contribution in [0.2, 0.25) is 0 Å². The summed E-state index contributed by atoms with van der Waals surface area (Å²) in [5, 5.41) is 6.11. The fraction of sp³-hybridized carbons (Fsp3) is 0.348. The van der Waals surface area contributed by atoms with E-state index in [4.69, 9.17) is 5.10 Å². The minimum atomic E-state index is 0.205. The Kier molecular flexibility index (Phi) is 3.65. The first-order chi connectivity index (χ1) is 14.2. The first kappa shape index (κ1) is 16.9. The summed E-state index contributed by atoms with van der Waals surface area (Å²) < 4.78 is 2.23. The van der Waals surface area contributed by atoms with Crippen molar-refractivity contribution in [3.63, 3.8) is 0 Å². The van der Waals surface area contributed by atoms with Crippen molar-refractivity contribution in [2.75, 3.05) is 13.1 Å². The molecule has 0 saturated carbocycles. The van der Waals surface area contributed by atoms with Crippen LogP contribution in [0.5, 0.6) is 0 Å². The summed E-state index contributed by atoms with van der Waals surface area (Å²) in [6.45, 7) is 5.41. The number of likely N-dealkylation sites (tertiary alicyclic amines) is 1. The molecule has 1 spiro atoms. The first-order valence-electron chi connectivity index (χ1n) is 10.4. The summed E-state index contributed by atoms with van der Waals surface area (Å²) in [4.78, 5) is 14.9. The number of aromatic nitrogens is 5. The molecule has 1 fully saturated rings. The van der Waals surface area contributed by atoms with Crippen LogP contribution in [0.25, 0.3) is 22.2 Å². The summed E-state index contributed by atoms with van der Waals surface area (Å²) in [6, 6.07) is 13.1. The molecule has 2 aliphatic rings. The average molecular weight is 384 g/mol. The lowest BCUT2D eigenvalue weighted by atomic mass is 9.82. The van der Waals surface area contributed by atoms with Gasteiger partial charge in [-0.05, 0) is 44.5 Å². The van der Waals surface area contributed by atoms with E-state index in [9.17, 15) is 0 Å². The lowest BCUT2D eigenvalue weighted by molar-refractivity contribution is 0.236. The molecule has 0 bridgehead atoms. The summed E-state index contributed by atoms with van der Waals surface area (Å²) >= 11 is 0. The maximum Gasteiger partial charge on any atom is 0.123 e. The number of H-pyrrole nitrogens is 1. The van der Waals surface area contributed by atoms with Crippen LogP contribution >= 0.6 is 0 Å². The van der Waals surface area contributed by atoms with Crippen molar-refractivity contribution in [1.29, 1.82) is 0 Å². The van der Waals surface area contributed by atoms with Crippen molar-refractivity contribution >= 4 is 10.9 Å². The number of rotatable bonds is 3. The Morgan fingerprint density at radius 1 is 1.10 bits per heavy atom. The fourth-order valence-corrected chi connectivity index (χ4v) is 5.14. The second-order valence-electron chi connectivity index (χ2n) is 8.46. The van der Waals surface area contributed by atoms with E-state index in [0.717, 1.165) is 47.6 Å². The monoisotopic (exact) mass is 384 g/mol. The Bertz CT molecular complexity index is 1180. The van der Waals surface area contributed by atoms with Crippen LogP contribution in [0, 0.1) is 0 Å². The van der Waals surface area contributed by atoms with Gasteiger partial charge in [0.15, 0.2) is 0 Å². The van der Waals surface area contributed by atoms with Crippen molar-refractivity contribution in [2.24, 2.45) is 0 Å². The summed E-state index contributed by atoms with van der Waals surface area (Å²) in [5.74, 6) is 1.05. The normalized spacial score (nSPS) is 22.5. The predicted molar refractivity (Wildman–Crippen MR) is 112 cm³/mol. The fourth-order valence-electron chi connectivity index (χ4n) is 5.14. The Labute approximate surface area is 169 Å². The number of benzene rings is 1. The molecule has 2 atom stereocenters. The molecule has 1 N–H and O–H groups in total. The van der Waals surface area contributed by atoms with Crippen LogP contribution in [0.4, 0.5) is 0 Å². The quantitative estimate of drug-likeness (QED) is 0.581. The molecular formula is C23H24N6. The van der Waals surface area contributed by atoms with Crippen molar-refractivity contribution < 1.29 is 0 Å². The number of nitrogens with zero attached hydrogens (tertiary/aromatic N) is 5. The molecule has 6 heteroatoms. The molecule has 3 aromatic heterocycles. The molecule has 2 aliphatic heterocycles. The Balaban J connectivity index is 1.31. The zero-order valence-electron chi connectivity index (χ0n) is 16.5. The van der Waals surface area contributed by atoms with E-state index in [1.165, 1.54) is 18.5 Å². The second-order valence-corrected chi connectivity index (χ2v) is 8.46. The molecule has 2 unspecified atom stereocenters. The van der Waals surface area contributed by atoms with Gasteiger partial charge in [0.2, 0.25) is 0 Å². The molecule has 0 aliphatic carbocycles. The van der Waals surface area contributed by atoms with E-state index >= 15 is 0 Å². The van der Waals surface area contributed by atoms with Gasteiger partial charge in [-0.2, -0.15) is 5.10 Å². The number of nitrogens with one attached hydrogen (secondary N) is 1. The zero-order chi connectivity index (χ0) is 19.4. The Hall–Kier alpha value is -2.99. The predicted octanol–water partition coefficient (Wildman–Crippen LogP) is 3.93. The van der Waals surface area contributed by atoms with Crippen LogP contribution in [-0.4, -0.2) is 42.7 Å². The van der Waals surface area contributed by atoms with Gasteiger partial charge in [-0.15, -0.1) is 0 Å². The number of hydrogen-bond donors (Lipinski definition) is 1. The minimum Gasteiger partial charge on any atom is -0.347 e. The SMILES string of the molecule is CC(c1ncc[nH]1)N1CCC2(CCn3nc(-c4cnc5ccccc5c4)cc32)C1. The first-order valence-corrected chi connectivity index (χ1v) is 10.4. The highest BCUT2D eigenvalue weighted by Crippen LogP contribution is 2.45. The maximum absolute atomic E-state index is 4.95. The van der Waals surface area contributed by atoms with Crippen molar-refractivity contribution in [3.8, 4) is 11.3 Å². The molecule has 5 heterocycles. The third-order valence-corrected chi connectivity index (χ3v) is 6.86. The molecule has 0 radical (unpaired) electrons. The highest BCUT2D eigenvalue weighted by atomic mass is 15.3. The molecule has 1 aromatic carbocycles. The van der Waals surface area contributed by atoms with Gasteiger partial charge in [0.1, 0.15) is 5.82 Å². The number of fused-ring (bicyclic) bond motifs is 3. The molecule has 0 amide bonds. The largest absolute Gasteiger partial charge is 0.347 e. The summed E-state index contributed by atoms with van der Waals surface area (Å²) in [6.07, 6.45) is 8.05.